The topological polar surface area (TPSA) is 158 Å². The van der Waals surface area contributed by atoms with Crippen LogP contribution in [-0.4, -0.2) is 17.6 Å². The van der Waals surface area contributed by atoms with Crippen LogP contribution in [0.5, 0.6) is 5.75 Å². The van der Waals surface area contributed by atoms with Crippen LogP contribution in [0.25, 0.3) is 6.08 Å². The molecular formula is C24H20N8O. The van der Waals surface area contributed by atoms with Crippen LogP contribution in [0.15, 0.2) is 65.7 Å². The van der Waals surface area contributed by atoms with Gasteiger partial charge in [-0.05, 0) is 29.3 Å². The van der Waals surface area contributed by atoms with Gasteiger partial charge in [-0.25, -0.2) is 9.98 Å². The number of ether oxygens (including phenoxy) is 1. The highest BCUT2D eigenvalue weighted by Gasteiger charge is 2.29. The predicted octanol–water partition coefficient (Wildman–Crippen LogP) is 3.15. The molecule has 1 aliphatic heterocycles. The van der Waals surface area contributed by atoms with Gasteiger partial charge in [0.1, 0.15) is 41.7 Å². The Morgan fingerprint density at radius 1 is 1.12 bits per heavy atom. The van der Waals surface area contributed by atoms with Gasteiger partial charge in [0.2, 0.25) is 5.96 Å². The minimum Gasteiger partial charge on any atom is -0.490 e. The number of rotatable bonds is 5. The van der Waals surface area contributed by atoms with Gasteiger partial charge in [-0.15, -0.1) is 0 Å². The van der Waals surface area contributed by atoms with E-state index in [2.05, 4.69) is 20.6 Å². The van der Waals surface area contributed by atoms with Gasteiger partial charge in [-0.2, -0.15) is 10.5 Å². The van der Waals surface area contributed by atoms with Crippen molar-refractivity contribution < 1.29 is 4.74 Å². The van der Waals surface area contributed by atoms with Crippen molar-refractivity contribution in [3.8, 4) is 18.0 Å². The smallest absolute Gasteiger partial charge is 0.211 e. The molecule has 0 spiro atoms. The highest BCUT2D eigenvalue weighted by molar-refractivity contribution is 5.98. The first-order valence-electron chi connectivity index (χ1n) is 10.0. The van der Waals surface area contributed by atoms with Crippen LogP contribution in [0.2, 0.25) is 0 Å². The Kier molecular flexibility index (Phi) is 6.05. The van der Waals surface area contributed by atoms with E-state index in [9.17, 15) is 5.26 Å². The second-order valence-corrected chi connectivity index (χ2v) is 7.10. The van der Waals surface area contributed by atoms with E-state index in [4.69, 9.17) is 21.5 Å². The van der Waals surface area contributed by atoms with E-state index in [-0.39, 0.29) is 23.0 Å². The van der Waals surface area contributed by atoms with Crippen molar-refractivity contribution in [2.24, 2.45) is 4.99 Å². The summed E-state index contributed by atoms with van der Waals surface area (Å²) in [7, 11) is 0. The van der Waals surface area contributed by atoms with Crippen molar-refractivity contribution in [1.29, 1.82) is 10.5 Å². The molecule has 4 rings (SSSR count). The lowest BCUT2D eigenvalue weighted by Crippen LogP contribution is -2.32. The van der Waals surface area contributed by atoms with E-state index >= 15 is 0 Å². The zero-order valence-electron chi connectivity index (χ0n) is 17.5. The van der Waals surface area contributed by atoms with Crippen LogP contribution in [-0.2, 0) is 0 Å². The molecule has 6 N–H and O–H groups in total. The van der Waals surface area contributed by atoms with Gasteiger partial charge in [-0.3, -0.25) is 5.32 Å². The number of aliphatic imine (C=N–C) groups is 1. The summed E-state index contributed by atoms with van der Waals surface area (Å²) in [6.07, 6.45) is 5.75. The zero-order valence-corrected chi connectivity index (χ0v) is 17.5. The number of guanidine groups is 1. The Labute approximate surface area is 190 Å². The molecule has 9 nitrogen and oxygen atoms in total. The average molecular weight is 436 g/mol. The summed E-state index contributed by atoms with van der Waals surface area (Å²) in [6, 6.07) is 18.7. The Bertz CT molecular complexity index is 1320. The van der Waals surface area contributed by atoms with E-state index in [0.29, 0.717) is 23.7 Å². The third-order valence-corrected chi connectivity index (χ3v) is 4.99. The van der Waals surface area contributed by atoms with Gasteiger partial charge < -0.3 is 21.5 Å². The molecule has 0 saturated carbocycles. The molecule has 0 fully saturated rings. The van der Waals surface area contributed by atoms with Crippen LogP contribution < -0.4 is 26.8 Å². The standard InChI is InChI=1S/C24H20N8O/c25-13-18-20(27)19-21(30-24(29-14-26)32-23(19)31-22(18)28)16-9-4-10-17(12-16)33-11-5-8-15-6-2-1-3-7-15/h1-10,12,21H,11H2,(H6,27,28,29,30,31,32). The summed E-state index contributed by atoms with van der Waals surface area (Å²) >= 11 is 0. The maximum absolute atomic E-state index is 9.45. The van der Waals surface area contributed by atoms with Gasteiger partial charge in [0.25, 0.3) is 0 Å². The van der Waals surface area contributed by atoms with Gasteiger partial charge in [0, 0.05) is 5.56 Å². The Balaban J connectivity index is 1.64. The lowest BCUT2D eigenvalue weighted by Gasteiger charge is -2.26. The van der Waals surface area contributed by atoms with E-state index < -0.39 is 6.04 Å². The Morgan fingerprint density at radius 3 is 2.70 bits per heavy atom. The highest BCUT2D eigenvalue weighted by Crippen LogP contribution is 2.41. The third-order valence-electron chi connectivity index (χ3n) is 4.99. The quantitative estimate of drug-likeness (QED) is 0.351. The van der Waals surface area contributed by atoms with Crippen molar-refractivity contribution in [3.63, 3.8) is 0 Å². The molecule has 33 heavy (non-hydrogen) atoms. The van der Waals surface area contributed by atoms with Crippen molar-refractivity contribution in [2.45, 2.75) is 6.04 Å². The first-order valence-corrected chi connectivity index (χ1v) is 10.0. The van der Waals surface area contributed by atoms with Gasteiger partial charge in [-0.1, -0.05) is 48.5 Å². The molecule has 1 atom stereocenters. The normalized spacial score (nSPS) is 14.4. The van der Waals surface area contributed by atoms with Crippen molar-refractivity contribution >= 4 is 29.4 Å². The molecule has 0 amide bonds. The minimum atomic E-state index is -0.624. The van der Waals surface area contributed by atoms with Gasteiger partial charge in [0.15, 0.2) is 6.19 Å². The Morgan fingerprint density at radius 2 is 1.94 bits per heavy atom. The minimum absolute atomic E-state index is 0.000458. The fourth-order valence-electron chi connectivity index (χ4n) is 3.49. The molecule has 0 radical (unpaired) electrons. The number of nitrogen functional groups attached to an aromatic ring is 2. The highest BCUT2D eigenvalue weighted by atomic mass is 16.5. The molecule has 2 heterocycles. The molecule has 3 aromatic rings. The molecule has 0 aliphatic carbocycles. The largest absolute Gasteiger partial charge is 0.490 e. The summed E-state index contributed by atoms with van der Waals surface area (Å²) < 4.78 is 5.88. The van der Waals surface area contributed by atoms with E-state index in [1.54, 1.807) is 0 Å². The number of nitrogens with two attached hydrogens (primary N) is 2. The summed E-state index contributed by atoms with van der Waals surface area (Å²) in [5, 5.41) is 23.9. The van der Waals surface area contributed by atoms with Gasteiger partial charge in [0.05, 0.1) is 5.69 Å². The van der Waals surface area contributed by atoms with E-state index in [1.165, 1.54) is 0 Å². The van der Waals surface area contributed by atoms with E-state index in [1.807, 2.05) is 79.0 Å². The summed E-state index contributed by atoms with van der Waals surface area (Å²) in [5.41, 5.74) is 14.8. The number of anilines is 3. The molecule has 2 aromatic carbocycles. The maximum atomic E-state index is 9.45. The number of pyridine rings is 1. The molecule has 0 saturated heterocycles. The second-order valence-electron chi connectivity index (χ2n) is 7.10. The zero-order chi connectivity index (χ0) is 23.2. The van der Waals surface area contributed by atoms with Crippen molar-refractivity contribution in [1.82, 2.24) is 10.3 Å². The first kappa shape index (κ1) is 21.2. The number of aromatic nitrogens is 1. The monoisotopic (exact) mass is 436 g/mol. The van der Waals surface area contributed by atoms with Crippen molar-refractivity contribution in [2.75, 3.05) is 23.4 Å². The SMILES string of the molecule is N#CNC1=NC(c2cccc(OCC=Cc3ccccc3)c2)c2c(nc(N)c(C#N)c2N)N1. The summed E-state index contributed by atoms with van der Waals surface area (Å²) in [5.74, 6) is 1.17. The Hall–Kier alpha value is -5.02. The van der Waals surface area contributed by atoms with Crippen LogP contribution in [0.3, 0.4) is 0 Å². The molecule has 1 unspecified atom stereocenters. The second kappa shape index (κ2) is 9.41. The molecule has 1 aliphatic rings. The van der Waals surface area contributed by atoms with Crippen LogP contribution >= 0.6 is 0 Å². The average Bonchev–Trinajstić information content (AvgIpc) is 2.82. The van der Waals surface area contributed by atoms with E-state index in [0.717, 1.165) is 11.1 Å². The summed E-state index contributed by atoms with van der Waals surface area (Å²) in [4.78, 5) is 8.82. The van der Waals surface area contributed by atoms with Crippen molar-refractivity contribution in [3.05, 3.63) is 82.9 Å². The van der Waals surface area contributed by atoms with Crippen LogP contribution in [0.1, 0.15) is 28.3 Å². The summed E-state index contributed by atoms with van der Waals surface area (Å²) in [6.45, 7) is 0.379. The number of hydrogen-bond donors (Lipinski definition) is 4. The molecule has 1 aromatic heterocycles. The fourth-order valence-corrected chi connectivity index (χ4v) is 3.49. The number of benzene rings is 2. The molecule has 162 valence electrons. The first-order chi connectivity index (χ1) is 16.1. The number of nitrogens with one attached hydrogen (secondary N) is 2. The number of hydrogen-bond acceptors (Lipinski definition) is 9. The molecule has 9 heteroatoms. The lowest BCUT2D eigenvalue weighted by molar-refractivity contribution is 0.363. The fraction of sp³-hybridized carbons (Fsp3) is 0.0833. The number of nitrogens with zero attached hydrogens (tertiary/aromatic N) is 4. The maximum Gasteiger partial charge on any atom is 0.211 e. The lowest BCUT2D eigenvalue weighted by atomic mass is 9.95. The third kappa shape index (κ3) is 4.53. The molecule has 0 bridgehead atoms. The number of fused-ring (bicyclic) bond motifs is 1. The number of nitriles is 2. The molecular weight excluding hydrogens is 416 g/mol. The van der Waals surface area contributed by atoms with Crippen LogP contribution in [0.4, 0.5) is 17.3 Å². The van der Waals surface area contributed by atoms with Gasteiger partial charge >= 0.3 is 0 Å². The predicted molar refractivity (Wildman–Crippen MR) is 127 cm³/mol. The van der Waals surface area contributed by atoms with Crippen LogP contribution in [0, 0.1) is 22.8 Å².